The van der Waals surface area contributed by atoms with Gasteiger partial charge in [-0.2, -0.15) is 0 Å². The third-order valence-electron chi connectivity index (χ3n) is 3.48. The molecule has 0 spiro atoms. The number of hydrogen-bond donors (Lipinski definition) is 1. The SMILES string of the molecule is Cc1cc(F)cc(C(=O)NC2CCCC2CBr)c1. The fourth-order valence-corrected chi connectivity index (χ4v) is 3.31. The average Bonchev–Trinajstić information content (AvgIpc) is 2.75. The molecule has 2 rings (SSSR count). The molecule has 0 bridgehead atoms. The van der Waals surface area contributed by atoms with Crippen molar-refractivity contribution in [3.63, 3.8) is 0 Å². The molecule has 2 atom stereocenters. The van der Waals surface area contributed by atoms with Gasteiger partial charge in [0.05, 0.1) is 0 Å². The van der Waals surface area contributed by atoms with Crippen molar-refractivity contribution < 1.29 is 9.18 Å². The topological polar surface area (TPSA) is 29.1 Å². The predicted molar refractivity (Wildman–Crippen MR) is 73.5 cm³/mol. The van der Waals surface area contributed by atoms with Gasteiger partial charge in [-0.25, -0.2) is 4.39 Å². The van der Waals surface area contributed by atoms with Gasteiger partial charge in [-0.15, -0.1) is 0 Å². The number of halogens is 2. The largest absolute Gasteiger partial charge is 0.349 e. The lowest BCUT2D eigenvalue weighted by molar-refractivity contribution is 0.0929. The molecule has 0 aliphatic heterocycles. The quantitative estimate of drug-likeness (QED) is 0.851. The highest BCUT2D eigenvalue weighted by atomic mass is 79.9. The lowest BCUT2D eigenvalue weighted by atomic mass is 10.1. The van der Waals surface area contributed by atoms with Gasteiger partial charge in [-0.05, 0) is 49.4 Å². The highest BCUT2D eigenvalue weighted by Crippen LogP contribution is 2.27. The zero-order valence-electron chi connectivity index (χ0n) is 10.4. The van der Waals surface area contributed by atoms with Gasteiger partial charge in [0.15, 0.2) is 0 Å². The van der Waals surface area contributed by atoms with Crippen LogP contribution in [-0.4, -0.2) is 17.3 Å². The number of amides is 1. The number of alkyl halides is 1. The van der Waals surface area contributed by atoms with Crippen molar-refractivity contribution in [2.75, 3.05) is 5.33 Å². The van der Waals surface area contributed by atoms with Crippen molar-refractivity contribution >= 4 is 21.8 Å². The number of aryl methyl sites for hydroxylation is 1. The summed E-state index contributed by atoms with van der Waals surface area (Å²) in [5.74, 6) is -0.0392. The van der Waals surface area contributed by atoms with Crippen LogP contribution in [0.2, 0.25) is 0 Å². The van der Waals surface area contributed by atoms with Crippen LogP contribution in [-0.2, 0) is 0 Å². The van der Waals surface area contributed by atoms with E-state index in [1.165, 1.54) is 12.1 Å². The van der Waals surface area contributed by atoms with Crippen molar-refractivity contribution in [3.05, 3.63) is 35.1 Å². The fraction of sp³-hybridized carbons (Fsp3) is 0.500. The summed E-state index contributed by atoms with van der Waals surface area (Å²) in [6.45, 7) is 1.79. The molecule has 0 radical (unpaired) electrons. The van der Waals surface area contributed by atoms with E-state index >= 15 is 0 Å². The van der Waals surface area contributed by atoms with E-state index in [-0.39, 0.29) is 17.8 Å². The number of carbonyl (C=O) groups is 1. The Kier molecular flexibility index (Phi) is 4.38. The zero-order chi connectivity index (χ0) is 13.1. The predicted octanol–water partition coefficient (Wildman–Crippen LogP) is 3.43. The van der Waals surface area contributed by atoms with Crippen LogP contribution < -0.4 is 5.32 Å². The molecule has 98 valence electrons. The molecule has 1 aromatic carbocycles. The maximum Gasteiger partial charge on any atom is 0.251 e. The minimum absolute atomic E-state index is 0.171. The molecule has 4 heteroatoms. The van der Waals surface area contributed by atoms with Gasteiger partial charge in [0.2, 0.25) is 0 Å². The number of hydrogen-bond acceptors (Lipinski definition) is 1. The summed E-state index contributed by atoms with van der Waals surface area (Å²) >= 11 is 3.47. The first-order chi connectivity index (χ1) is 8.60. The first-order valence-electron chi connectivity index (χ1n) is 6.24. The van der Waals surface area contributed by atoms with E-state index in [1.54, 1.807) is 13.0 Å². The van der Waals surface area contributed by atoms with Crippen molar-refractivity contribution in [1.82, 2.24) is 5.32 Å². The van der Waals surface area contributed by atoms with Crippen LogP contribution in [0.1, 0.15) is 35.2 Å². The smallest absolute Gasteiger partial charge is 0.251 e. The Balaban J connectivity index is 2.07. The number of carbonyl (C=O) groups excluding carboxylic acids is 1. The summed E-state index contributed by atoms with van der Waals surface area (Å²) in [4.78, 5) is 12.1. The van der Waals surface area contributed by atoms with E-state index < -0.39 is 0 Å². The first-order valence-corrected chi connectivity index (χ1v) is 7.36. The molecule has 1 aliphatic rings. The molecular formula is C14H17BrFNO. The normalized spacial score (nSPS) is 23.1. The maximum absolute atomic E-state index is 13.3. The summed E-state index contributed by atoms with van der Waals surface area (Å²) in [5, 5.41) is 3.92. The monoisotopic (exact) mass is 313 g/mol. The second-order valence-corrected chi connectivity index (χ2v) is 5.59. The lowest BCUT2D eigenvalue weighted by Crippen LogP contribution is -2.37. The zero-order valence-corrected chi connectivity index (χ0v) is 12.0. The van der Waals surface area contributed by atoms with Crippen LogP contribution in [0.5, 0.6) is 0 Å². The van der Waals surface area contributed by atoms with E-state index in [0.29, 0.717) is 11.5 Å². The van der Waals surface area contributed by atoms with Gasteiger partial charge in [-0.3, -0.25) is 4.79 Å². The van der Waals surface area contributed by atoms with E-state index in [0.717, 1.165) is 30.2 Å². The summed E-state index contributed by atoms with van der Waals surface area (Å²) in [7, 11) is 0. The Morgan fingerprint density at radius 1 is 1.44 bits per heavy atom. The van der Waals surface area contributed by atoms with Gasteiger partial charge >= 0.3 is 0 Å². The van der Waals surface area contributed by atoms with E-state index in [4.69, 9.17) is 0 Å². The molecule has 1 aromatic rings. The molecule has 2 nitrogen and oxygen atoms in total. The number of benzene rings is 1. The van der Waals surface area contributed by atoms with E-state index in [1.807, 2.05) is 0 Å². The van der Waals surface area contributed by atoms with Gasteiger partial charge in [-0.1, -0.05) is 22.4 Å². The Hall–Kier alpha value is -0.900. The summed E-state index contributed by atoms with van der Waals surface area (Å²) in [6, 6.07) is 4.64. The van der Waals surface area contributed by atoms with Gasteiger partial charge < -0.3 is 5.32 Å². The Morgan fingerprint density at radius 3 is 2.89 bits per heavy atom. The Labute approximate surface area is 115 Å². The molecule has 0 saturated heterocycles. The minimum atomic E-state index is -0.358. The van der Waals surface area contributed by atoms with Gasteiger partial charge in [0.25, 0.3) is 5.91 Å². The van der Waals surface area contributed by atoms with E-state index in [9.17, 15) is 9.18 Å². The van der Waals surface area contributed by atoms with Gasteiger partial charge in [0, 0.05) is 16.9 Å². The summed E-state index contributed by atoms with van der Waals surface area (Å²) in [6.07, 6.45) is 3.29. The molecule has 2 unspecified atom stereocenters. The van der Waals surface area contributed by atoms with Crippen molar-refractivity contribution in [2.24, 2.45) is 5.92 Å². The number of nitrogens with one attached hydrogen (secondary N) is 1. The highest BCUT2D eigenvalue weighted by Gasteiger charge is 2.27. The van der Waals surface area contributed by atoms with Crippen molar-refractivity contribution in [2.45, 2.75) is 32.2 Å². The van der Waals surface area contributed by atoms with Crippen LogP contribution in [0, 0.1) is 18.7 Å². The highest BCUT2D eigenvalue weighted by molar-refractivity contribution is 9.09. The lowest BCUT2D eigenvalue weighted by Gasteiger charge is -2.19. The molecule has 18 heavy (non-hydrogen) atoms. The second-order valence-electron chi connectivity index (χ2n) is 4.94. The van der Waals surface area contributed by atoms with Crippen LogP contribution in [0.15, 0.2) is 18.2 Å². The van der Waals surface area contributed by atoms with Crippen molar-refractivity contribution in [1.29, 1.82) is 0 Å². The maximum atomic E-state index is 13.3. The van der Waals surface area contributed by atoms with Crippen molar-refractivity contribution in [3.8, 4) is 0 Å². The van der Waals surface area contributed by atoms with Crippen LogP contribution in [0.4, 0.5) is 4.39 Å². The van der Waals surface area contributed by atoms with Crippen LogP contribution >= 0.6 is 15.9 Å². The molecule has 1 saturated carbocycles. The third kappa shape index (κ3) is 3.10. The minimum Gasteiger partial charge on any atom is -0.349 e. The van der Waals surface area contributed by atoms with Crippen LogP contribution in [0.3, 0.4) is 0 Å². The molecule has 1 N–H and O–H groups in total. The molecule has 0 heterocycles. The average molecular weight is 314 g/mol. The van der Waals surface area contributed by atoms with E-state index in [2.05, 4.69) is 21.2 Å². The standard InChI is InChI=1S/C14H17BrFNO/c1-9-5-11(7-12(16)6-9)14(18)17-13-4-2-3-10(13)8-15/h5-7,10,13H,2-4,8H2,1H3,(H,17,18). The Morgan fingerprint density at radius 2 is 2.22 bits per heavy atom. The summed E-state index contributed by atoms with van der Waals surface area (Å²) in [5.41, 5.74) is 1.18. The molecule has 1 amide bonds. The van der Waals surface area contributed by atoms with Gasteiger partial charge in [0.1, 0.15) is 5.82 Å². The Bertz CT molecular complexity index is 429. The fourth-order valence-electron chi connectivity index (χ4n) is 2.53. The first kappa shape index (κ1) is 13.5. The second kappa shape index (κ2) is 5.83. The number of rotatable bonds is 3. The third-order valence-corrected chi connectivity index (χ3v) is 4.31. The molecule has 0 aromatic heterocycles. The molecule has 1 fully saturated rings. The summed E-state index contributed by atoms with van der Waals surface area (Å²) < 4.78 is 13.3. The molecular weight excluding hydrogens is 297 g/mol. The van der Waals surface area contributed by atoms with Crippen LogP contribution in [0.25, 0.3) is 0 Å². The molecule has 1 aliphatic carbocycles.